The maximum absolute atomic E-state index is 13.3. The van der Waals surface area contributed by atoms with E-state index in [1.54, 1.807) is 29.2 Å². The minimum atomic E-state index is -3.87. The molecule has 12 nitrogen and oxygen atoms in total. The van der Waals surface area contributed by atoms with Gasteiger partial charge in [-0.3, -0.25) is 10.1 Å². The van der Waals surface area contributed by atoms with Gasteiger partial charge in [0, 0.05) is 55.5 Å². The quantitative estimate of drug-likeness (QED) is 0.341. The first-order valence-corrected chi connectivity index (χ1v) is 14.8. The predicted octanol–water partition coefficient (Wildman–Crippen LogP) is 3.19. The van der Waals surface area contributed by atoms with Crippen LogP contribution in [0.5, 0.6) is 0 Å². The molecule has 40 heavy (non-hydrogen) atoms. The number of anilines is 2. The number of carbonyl (C=O) groups excluding carboxylic acids is 2. The van der Waals surface area contributed by atoms with E-state index in [1.807, 2.05) is 7.05 Å². The van der Waals surface area contributed by atoms with Crippen molar-refractivity contribution in [2.75, 3.05) is 30.4 Å². The second kappa shape index (κ2) is 10.00. The molecule has 0 spiro atoms. The molecular weight excluding hydrogens is 552 g/mol. The van der Waals surface area contributed by atoms with Gasteiger partial charge in [-0.1, -0.05) is 18.2 Å². The van der Waals surface area contributed by atoms with E-state index >= 15 is 0 Å². The second-order valence-electron chi connectivity index (χ2n) is 9.97. The smallest absolute Gasteiger partial charge is 0.323 e. The Kier molecular flexibility index (Phi) is 6.47. The van der Waals surface area contributed by atoms with Crippen LogP contribution in [-0.4, -0.2) is 70.1 Å². The molecule has 4 heterocycles. The van der Waals surface area contributed by atoms with Crippen LogP contribution in [0.25, 0.3) is 11.0 Å². The standard InChI is InChI=1S/C26H24N8O4S2/c1-32(19-9-16-13-33(14-17(16)10-19)26(36)30-25-29-22(15-35)31-39-25)23-18(11-27)12-28-24-21(23)7-8-34(24)40(37,38)20-5-3-2-4-6-20/h2-8,12,15-17,19H,9-10,13-14H2,1H3,(H,29,30,31,36)/t16-,17+,19?. The van der Waals surface area contributed by atoms with Crippen LogP contribution in [-0.2, 0) is 10.0 Å². The predicted molar refractivity (Wildman–Crippen MR) is 148 cm³/mol. The van der Waals surface area contributed by atoms with Crippen molar-refractivity contribution in [1.29, 1.82) is 5.26 Å². The Labute approximate surface area is 234 Å². The molecule has 4 aromatic rings. The lowest BCUT2D eigenvalue weighted by Crippen LogP contribution is -2.36. The summed E-state index contributed by atoms with van der Waals surface area (Å²) in [5, 5.41) is 13.5. The Morgan fingerprint density at radius 3 is 2.58 bits per heavy atom. The van der Waals surface area contributed by atoms with Crippen LogP contribution >= 0.6 is 11.5 Å². The number of benzene rings is 1. The Morgan fingerprint density at radius 1 is 1.20 bits per heavy atom. The average Bonchev–Trinajstić information content (AvgIpc) is 3.75. The van der Waals surface area contributed by atoms with Gasteiger partial charge in [0.1, 0.15) is 6.07 Å². The number of rotatable bonds is 6. The van der Waals surface area contributed by atoms with Crippen molar-refractivity contribution in [3.63, 3.8) is 0 Å². The molecule has 2 fully saturated rings. The third-order valence-electron chi connectivity index (χ3n) is 7.75. The summed E-state index contributed by atoms with van der Waals surface area (Å²) in [6.07, 6.45) is 5.08. The molecule has 1 saturated heterocycles. The van der Waals surface area contributed by atoms with Crippen molar-refractivity contribution >= 4 is 55.7 Å². The number of nitrogens with zero attached hydrogens (tertiary/aromatic N) is 7. The zero-order valence-electron chi connectivity index (χ0n) is 21.3. The molecular formula is C26H24N8O4S2. The second-order valence-corrected chi connectivity index (χ2v) is 12.5. The summed E-state index contributed by atoms with van der Waals surface area (Å²) in [5.74, 6) is 0.604. The van der Waals surface area contributed by atoms with E-state index in [4.69, 9.17) is 0 Å². The zero-order chi connectivity index (χ0) is 28.0. The van der Waals surface area contributed by atoms with E-state index in [0.717, 1.165) is 28.3 Å². The largest absolute Gasteiger partial charge is 0.370 e. The van der Waals surface area contributed by atoms with Crippen LogP contribution in [0.2, 0.25) is 0 Å². The van der Waals surface area contributed by atoms with E-state index in [0.29, 0.717) is 36.0 Å². The van der Waals surface area contributed by atoms with Crippen molar-refractivity contribution in [3.8, 4) is 6.07 Å². The lowest BCUT2D eigenvalue weighted by atomic mass is 10.0. The molecule has 3 atom stereocenters. The van der Waals surface area contributed by atoms with Gasteiger partial charge in [-0.05, 0) is 42.9 Å². The highest BCUT2D eigenvalue weighted by atomic mass is 32.2. The number of aldehydes is 1. The Bertz CT molecular complexity index is 1750. The molecule has 1 saturated carbocycles. The normalized spacial score (nSPS) is 20.3. The van der Waals surface area contributed by atoms with E-state index in [-0.39, 0.29) is 45.4 Å². The molecule has 204 valence electrons. The van der Waals surface area contributed by atoms with Crippen LogP contribution in [0, 0.1) is 23.2 Å². The maximum atomic E-state index is 13.3. The van der Waals surface area contributed by atoms with Gasteiger partial charge in [-0.2, -0.15) is 14.6 Å². The first kappa shape index (κ1) is 25.9. The number of nitriles is 1. The fraction of sp³-hybridized carbons (Fsp3) is 0.308. The topological polar surface area (TPSA) is 154 Å². The first-order valence-electron chi connectivity index (χ1n) is 12.6. The molecule has 1 aliphatic carbocycles. The van der Waals surface area contributed by atoms with Gasteiger partial charge in [-0.25, -0.2) is 22.2 Å². The summed E-state index contributed by atoms with van der Waals surface area (Å²) in [4.78, 5) is 35.9. The Balaban J connectivity index is 1.21. The average molecular weight is 577 g/mol. The van der Waals surface area contributed by atoms with E-state index < -0.39 is 10.0 Å². The van der Waals surface area contributed by atoms with E-state index in [2.05, 4.69) is 30.6 Å². The molecule has 14 heteroatoms. The maximum Gasteiger partial charge on any atom is 0.323 e. The molecule has 1 N–H and O–H groups in total. The van der Waals surface area contributed by atoms with E-state index in [1.165, 1.54) is 24.5 Å². The summed E-state index contributed by atoms with van der Waals surface area (Å²) in [7, 11) is -1.94. The van der Waals surface area contributed by atoms with Crippen LogP contribution in [0.4, 0.5) is 15.6 Å². The highest BCUT2D eigenvalue weighted by molar-refractivity contribution is 7.90. The molecule has 2 aliphatic rings. The van der Waals surface area contributed by atoms with E-state index in [9.17, 15) is 23.3 Å². The summed E-state index contributed by atoms with van der Waals surface area (Å²) in [6.45, 7) is 1.17. The van der Waals surface area contributed by atoms with Crippen LogP contribution in [0.1, 0.15) is 29.0 Å². The summed E-state index contributed by atoms with van der Waals surface area (Å²) >= 11 is 0.962. The number of urea groups is 1. The SMILES string of the molecule is CN(c1c(C#N)cnc2c1ccn2S(=O)(=O)c1ccccc1)C1C[C@@H]2CN(C(=O)Nc3nc(C=O)ns3)C[C@@H]2C1. The number of aromatic nitrogens is 4. The van der Waals surface area contributed by atoms with Crippen molar-refractivity contribution in [2.45, 2.75) is 23.8 Å². The van der Waals surface area contributed by atoms with Gasteiger partial charge in [0.25, 0.3) is 10.0 Å². The van der Waals surface area contributed by atoms with Crippen molar-refractivity contribution < 1.29 is 18.0 Å². The molecule has 0 bridgehead atoms. The molecule has 1 unspecified atom stereocenters. The number of likely N-dealkylation sites (tertiary alicyclic amines) is 1. The number of amides is 2. The highest BCUT2D eigenvalue weighted by Crippen LogP contribution is 2.43. The Morgan fingerprint density at radius 2 is 1.93 bits per heavy atom. The van der Waals surface area contributed by atoms with Gasteiger partial charge in [-0.15, -0.1) is 0 Å². The van der Waals surface area contributed by atoms with Gasteiger partial charge < -0.3 is 9.80 Å². The number of hydrogen-bond donors (Lipinski definition) is 1. The number of fused-ring (bicyclic) bond motifs is 2. The zero-order valence-corrected chi connectivity index (χ0v) is 23.0. The molecule has 6 rings (SSSR count). The summed E-state index contributed by atoms with van der Waals surface area (Å²) in [5.41, 5.74) is 1.28. The minimum absolute atomic E-state index is 0.0411. The van der Waals surface area contributed by atoms with Gasteiger partial charge in [0.2, 0.25) is 11.0 Å². The summed E-state index contributed by atoms with van der Waals surface area (Å²) in [6, 6.07) is 11.9. The first-order chi connectivity index (χ1) is 19.3. The fourth-order valence-electron chi connectivity index (χ4n) is 5.85. The minimum Gasteiger partial charge on any atom is -0.370 e. The van der Waals surface area contributed by atoms with Crippen LogP contribution in [0.15, 0.2) is 53.7 Å². The van der Waals surface area contributed by atoms with Crippen LogP contribution < -0.4 is 10.2 Å². The lowest BCUT2D eigenvalue weighted by Gasteiger charge is -2.29. The third kappa shape index (κ3) is 4.37. The monoisotopic (exact) mass is 576 g/mol. The van der Waals surface area contributed by atoms with Crippen molar-refractivity contribution in [1.82, 2.24) is 23.2 Å². The van der Waals surface area contributed by atoms with Gasteiger partial charge in [0.15, 0.2) is 11.9 Å². The van der Waals surface area contributed by atoms with Gasteiger partial charge >= 0.3 is 6.03 Å². The van der Waals surface area contributed by atoms with Crippen molar-refractivity contribution in [2.24, 2.45) is 11.8 Å². The highest BCUT2D eigenvalue weighted by Gasteiger charge is 2.44. The molecule has 2 amide bonds. The lowest BCUT2D eigenvalue weighted by molar-refractivity contribution is 0.111. The molecule has 1 aromatic carbocycles. The van der Waals surface area contributed by atoms with Crippen LogP contribution in [0.3, 0.4) is 0 Å². The molecule has 0 radical (unpaired) electrons. The number of hydrogen-bond acceptors (Lipinski definition) is 10. The fourth-order valence-corrected chi connectivity index (χ4v) is 7.70. The summed E-state index contributed by atoms with van der Waals surface area (Å²) < 4.78 is 31.7. The number of pyridine rings is 1. The Hall–Kier alpha value is -4.35. The number of carbonyl (C=O) groups is 2. The van der Waals surface area contributed by atoms with Gasteiger partial charge in [0.05, 0.1) is 16.1 Å². The molecule has 1 aliphatic heterocycles. The molecule has 3 aromatic heterocycles. The van der Waals surface area contributed by atoms with Crippen molar-refractivity contribution in [3.05, 3.63) is 60.2 Å². The number of nitrogens with one attached hydrogen (secondary N) is 1. The third-order valence-corrected chi connectivity index (χ3v) is 10.1.